The molecule has 1 saturated heterocycles. The van der Waals surface area contributed by atoms with Crippen LogP contribution in [0.25, 0.3) is 0 Å². The second-order valence-electron chi connectivity index (χ2n) is 7.41. The van der Waals surface area contributed by atoms with E-state index in [-0.39, 0.29) is 17.3 Å². The van der Waals surface area contributed by atoms with Crippen LogP contribution < -0.4 is 0 Å². The zero-order chi connectivity index (χ0) is 17.3. The maximum Gasteiger partial charge on any atom is 0.330 e. The highest BCUT2D eigenvalue weighted by atomic mass is 29.3. The van der Waals surface area contributed by atoms with Crippen LogP contribution in [0.2, 0.25) is 25.7 Å². The topological polar surface area (TPSA) is 35.5 Å². The zero-order valence-electron chi connectivity index (χ0n) is 14.9. The summed E-state index contributed by atoms with van der Waals surface area (Å²) < 4.78 is 12.4. The van der Waals surface area contributed by atoms with Crippen molar-refractivity contribution in [1.82, 2.24) is 0 Å². The highest BCUT2D eigenvalue weighted by Crippen LogP contribution is 2.45. The number of carbonyl (C=O) groups is 1. The van der Waals surface area contributed by atoms with E-state index in [4.69, 9.17) is 9.16 Å². The highest BCUT2D eigenvalue weighted by molar-refractivity contribution is 7.39. The van der Waals surface area contributed by atoms with E-state index < -0.39 is 15.4 Å². The number of esters is 1. The molecule has 2 rings (SSSR count). The molecule has 3 nitrogen and oxygen atoms in total. The Labute approximate surface area is 141 Å². The summed E-state index contributed by atoms with van der Waals surface area (Å²) in [7, 11) is -3.82. The van der Waals surface area contributed by atoms with Crippen LogP contribution >= 0.6 is 0 Å². The summed E-state index contributed by atoms with van der Waals surface area (Å²) >= 11 is 0. The van der Waals surface area contributed by atoms with Crippen molar-refractivity contribution in [2.45, 2.75) is 57.3 Å². The summed E-state index contributed by atoms with van der Waals surface area (Å²) in [4.78, 5) is 11.6. The Balaban J connectivity index is 2.26. The van der Waals surface area contributed by atoms with Crippen molar-refractivity contribution >= 4 is 21.4 Å². The Bertz CT molecular complexity index is 587. The van der Waals surface area contributed by atoms with Crippen LogP contribution in [0.3, 0.4) is 0 Å². The SMILES string of the molecule is C=CC(=O)OC(C)[Si]1(C)CCC(C)(c2ccccc2)O[Si]1(C)C. The fourth-order valence-corrected chi connectivity index (χ4v) is 15.2. The molecule has 23 heavy (non-hydrogen) atoms. The minimum atomic E-state index is -1.98. The second kappa shape index (κ2) is 6.38. The van der Waals surface area contributed by atoms with Crippen LogP contribution in [0.15, 0.2) is 43.0 Å². The lowest BCUT2D eigenvalue weighted by molar-refractivity contribution is -0.139. The molecule has 5 heteroatoms. The van der Waals surface area contributed by atoms with Gasteiger partial charge in [-0.3, -0.25) is 0 Å². The van der Waals surface area contributed by atoms with Crippen molar-refractivity contribution in [1.29, 1.82) is 0 Å². The molecule has 126 valence electrons. The van der Waals surface area contributed by atoms with Crippen LogP contribution in [0.5, 0.6) is 0 Å². The van der Waals surface area contributed by atoms with Crippen LogP contribution in [-0.4, -0.2) is 27.1 Å². The first-order chi connectivity index (χ1) is 10.6. The third kappa shape index (κ3) is 3.37. The Hall–Kier alpha value is -1.18. The van der Waals surface area contributed by atoms with Gasteiger partial charge in [0.25, 0.3) is 0 Å². The first-order valence-electron chi connectivity index (χ1n) is 8.23. The van der Waals surface area contributed by atoms with Gasteiger partial charge < -0.3 is 9.16 Å². The number of hydrogen-bond acceptors (Lipinski definition) is 3. The smallest absolute Gasteiger partial charge is 0.330 e. The van der Waals surface area contributed by atoms with E-state index in [9.17, 15) is 4.79 Å². The van der Waals surface area contributed by atoms with Crippen molar-refractivity contribution in [3.8, 4) is 0 Å². The van der Waals surface area contributed by atoms with Gasteiger partial charge in [0, 0.05) is 6.08 Å². The molecule has 1 aliphatic rings. The molecule has 1 aromatic carbocycles. The van der Waals surface area contributed by atoms with E-state index in [1.165, 1.54) is 11.6 Å². The molecule has 3 atom stereocenters. The monoisotopic (exact) mass is 348 g/mol. The van der Waals surface area contributed by atoms with Crippen LogP contribution in [-0.2, 0) is 19.6 Å². The van der Waals surface area contributed by atoms with Crippen molar-refractivity contribution in [2.24, 2.45) is 0 Å². The number of benzene rings is 1. The molecule has 0 saturated carbocycles. The number of hydrogen-bond donors (Lipinski definition) is 0. The second-order valence-corrected chi connectivity index (χ2v) is 21.8. The van der Waals surface area contributed by atoms with Gasteiger partial charge >= 0.3 is 5.97 Å². The lowest BCUT2D eigenvalue weighted by Gasteiger charge is -2.53. The predicted octanol–water partition coefficient (Wildman–Crippen LogP) is 4.34. The van der Waals surface area contributed by atoms with Gasteiger partial charge in [-0.05, 0) is 38.9 Å². The molecule has 0 aromatic heterocycles. The molecule has 1 aromatic rings. The largest absolute Gasteiger partial charge is 0.464 e. The Kier molecular flexibility index (Phi) is 5.04. The van der Waals surface area contributed by atoms with E-state index >= 15 is 0 Å². The average molecular weight is 349 g/mol. The van der Waals surface area contributed by atoms with Crippen LogP contribution in [0.1, 0.15) is 25.8 Å². The lowest BCUT2D eigenvalue weighted by Crippen LogP contribution is -2.70. The Morgan fingerprint density at radius 3 is 2.48 bits per heavy atom. The fourth-order valence-electron chi connectivity index (χ4n) is 3.57. The minimum Gasteiger partial charge on any atom is -0.464 e. The molecular formula is C18H28O3Si2. The fraction of sp³-hybridized carbons (Fsp3) is 0.500. The van der Waals surface area contributed by atoms with Gasteiger partial charge in [0.05, 0.1) is 11.3 Å². The first-order valence-corrected chi connectivity index (χ1v) is 14.9. The van der Waals surface area contributed by atoms with Gasteiger partial charge in [-0.15, -0.1) is 0 Å². The molecule has 0 radical (unpaired) electrons. The predicted molar refractivity (Wildman–Crippen MR) is 99.2 cm³/mol. The van der Waals surface area contributed by atoms with E-state index in [0.717, 1.165) is 12.5 Å². The van der Waals surface area contributed by atoms with E-state index in [1.807, 2.05) is 13.0 Å². The summed E-state index contributed by atoms with van der Waals surface area (Å²) in [6, 6.07) is 11.6. The summed E-state index contributed by atoms with van der Waals surface area (Å²) in [5.74, 6) is -0.326. The molecular weight excluding hydrogens is 320 g/mol. The van der Waals surface area contributed by atoms with Gasteiger partial charge in [-0.1, -0.05) is 49.5 Å². The number of ether oxygens (including phenoxy) is 1. The lowest BCUT2D eigenvalue weighted by atomic mass is 9.93. The standard InChI is InChI=1S/C18H28O3Si2/c1-7-17(19)20-15(2)23(6)14-13-18(3,21-22(23,4)5)16-11-9-8-10-12-16/h7-12,15H,1,13-14H2,2-6H3. The maximum absolute atomic E-state index is 11.6. The molecule has 3 unspecified atom stereocenters. The highest BCUT2D eigenvalue weighted by Gasteiger charge is 2.58. The molecule has 0 aliphatic carbocycles. The minimum absolute atomic E-state index is 0.0463. The molecule has 1 heterocycles. The molecule has 1 aliphatic heterocycles. The van der Waals surface area contributed by atoms with Gasteiger partial charge in [0.15, 0.2) is 7.83 Å². The third-order valence-electron chi connectivity index (χ3n) is 5.72. The normalized spacial score (nSPS) is 31.2. The first kappa shape index (κ1) is 18.2. The molecule has 1 fully saturated rings. The van der Waals surface area contributed by atoms with Crippen LogP contribution in [0.4, 0.5) is 0 Å². The van der Waals surface area contributed by atoms with Crippen molar-refractivity contribution in [2.75, 3.05) is 0 Å². The summed E-state index contributed by atoms with van der Waals surface area (Å²) in [6.45, 7) is 14.7. The quantitative estimate of drug-likeness (QED) is 0.461. The number of rotatable bonds is 4. The van der Waals surface area contributed by atoms with E-state index in [0.29, 0.717) is 0 Å². The maximum atomic E-state index is 11.6. The summed E-state index contributed by atoms with van der Waals surface area (Å²) in [5, 5.41) is 0. The van der Waals surface area contributed by atoms with E-state index in [1.54, 1.807) is 0 Å². The molecule has 0 amide bonds. The third-order valence-corrected chi connectivity index (χ3v) is 23.2. The molecule has 0 N–H and O–H groups in total. The van der Waals surface area contributed by atoms with Gasteiger partial charge in [-0.2, -0.15) is 0 Å². The average Bonchev–Trinajstić information content (AvgIpc) is 2.51. The molecule has 0 bridgehead atoms. The van der Waals surface area contributed by atoms with Crippen molar-refractivity contribution in [3.05, 3.63) is 48.6 Å². The van der Waals surface area contributed by atoms with Crippen molar-refractivity contribution < 1.29 is 14.0 Å². The van der Waals surface area contributed by atoms with E-state index in [2.05, 4.69) is 57.4 Å². The molecule has 0 spiro atoms. The Morgan fingerprint density at radius 2 is 1.96 bits per heavy atom. The van der Waals surface area contributed by atoms with Gasteiger partial charge in [0.2, 0.25) is 0 Å². The van der Waals surface area contributed by atoms with Crippen molar-refractivity contribution in [3.63, 3.8) is 0 Å². The zero-order valence-corrected chi connectivity index (χ0v) is 16.9. The van der Waals surface area contributed by atoms with Crippen LogP contribution in [0, 0.1) is 0 Å². The number of carbonyl (C=O) groups excluding carboxylic acids is 1. The summed E-state index contributed by atoms with van der Waals surface area (Å²) in [5.41, 5.74) is 0.966. The summed E-state index contributed by atoms with van der Waals surface area (Å²) in [6.07, 6.45) is 2.23. The Morgan fingerprint density at radius 1 is 1.35 bits per heavy atom. The van der Waals surface area contributed by atoms with Gasteiger partial charge in [0.1, 0.15) is 7.59 Å². The van der Waals surface area contributed by atoms with Gasteiger partial charge in [-0.25, -0.2) is 4.79 Å².